The quantitative estimate of drug-likeness (QED) is 0.868. The van der Waals surface area contributed by atoms with Crippen molar-refractivity contribution >= 4 is 11.3 Å². The summed E-state index contributed by atoms with van der Waals surface area (Å²) in [6.45, 7) is 3.89. The molecule has 20 heavy (non-hydrogen) atoms. The molecular formula is C15H22N4S. The van der Waals surface area contributed by atoms with Crippen LogP contribution in [0, 0.1) is 6.92 Å². The van der Waals surface area contributed by atoms with E-state index in [0.29, 0.717) is 0 Å². The van der Waals surface area contributed by atoms with Gasteiger partial charge in [-0.2, -0.15) is 5.10 Å². The minimum absolute atomic E-state index is 0.881. The first-order valence-corrected chi connectivity index (χ1v) is 8.09. The maximum atomic E-state index is 4.81. The molecule has 3 rings (SSSR count). The highest BCUT2D eigenvalue weighted by Gasteiger charge is 2.16. The first-order chi connectivity index (χ1) is 9.61. The molecule has 5 heteroatoms. The normalized spacial score (nSPS) is 14.8. The van der Waals surface area contributed by atoms with E-state index < -0.39 is 0 Å². The van der Waals surface area contributed by atoms with Crippen LogP contribution in [0.15, 0.2) is 6.07 Å². The van der Waals surface area contributed by atoms with Gasteiger partial charge in [-0.3, -0.25) is 9.58 Å². The third kappa shape index (κ3) is 2.94. The van der Waals surface area contributed by atoms with Gasteiger partial charge in [0.05, 0.1) is 17.9 Å². The van der Waals surface area contributed by atoms with Crippen LogP contribution in [-0.2, 0) is 33.0 Å². The summed E-state index contributed by atoms with van der Waals surface area (Å²) in [5.74, 6) is 0. The Labute approximate surface area is 124 Å². The van der Waals surface area contributed by atoms with Crippen molar-refractivity contribution < 1.29 is 0 Å². The minimum Gasteiger partial charge on any atom is -0.294 e. The number of hydrogen-bond acceptors (Lipinski definition) is 4. The summed E-state index contributed by atoms with van der Waals surface area (Å²) in [4.78, 5) is 8.63. The van der Waals surface area contributed by atoms with Gasteiger partial charge in [-0.1, -0.05) is 0 Å². The number of hydrogen-bond donors (Lipinski definition) is 0. The Morgan fingerprint density at radius 3 is 2.80 bits per heavy atom. The molecule has 0 amide bonds. The largest absolute Gasteiger partial charge is 0.294 e. The molecule has 1 aliphatic carbocycles. The SMILES string of the molecule is Cc1cc(CN(C)Cc2nc3c(s2)CCCC3)nn1C. The molecule has 2 aromatic heterocycles. The van der Waals surface area contributed by atoms with Gasteiger partial charge >= 0.3 is 0 Å². The van der Waals surface area contributed by atoms with Crippen molar-refractivity contribution in [1.29, 1.82) is 0 Å². The van der Waals surface area contributed by atoms with E-state index in [4.69, 9.17) is 4.98 Å². The lowest BCUT2D eigenvalue weighted by atomic mass is 10.0. The first-order valence-electron chi connectivity index (χ1n) is 7.27. The molecule has 0 aliphatic heterocycles. The smallest absolute Gasteiger partial charge is 0.107 e. The molecule has 2 aromatic rings. The molecule has 108 valence electrons. The zero-order valence-corrected chi connectivity index (χ0v) is 13.3. The van der Waals surface area contributed by atoms with Crippen molar-refractivity contribution in [3.8, 4) is 0 Å². The van der Waals surface area contributed by atoms with Crippen LogP contribution in [0.5, 0.6) is 0 Å². The second-order valence-corrected chi connectivity index (χ2v) is 6.93. The number of aryl methyl sites for hydroxylation is 4. The molecule has 0 fully saturated rings. The van der Waals surface area contributed by atoms with E-state index in [1.165, 1.54) is 47.0 Å². The fraction of sp³-hybridized carbons (Fsp3) is 0.600. The summed E-state index contributed by atoms with van der Waals surface area (Å²) >= 11 is 1.90. The lowest BCUT2D eigenvalue weighted by Gasteiger charge is -2.12. The van der Waals surface area contributed by atoms with Gasteiger partial charge in [0.25, 0.3) is 0 Å². The van der Waals surface area contributed by atoms with Crippen LogP contribution in [0.2, 0.25) is 0 Å². The molecule has 2 heterocycles. The van der Waals surface area contributed by atoms with Crippen LogP contribution in [0.25, 0.3) is 0 Å². The molecule has 0 saturated carbocycles. The molecule has 4 nitrogen and oxygen atoms in total. The lowest BCUT2D eigenvalue weighted by Crippen LogP contribution is -2.17. The van der Waals surface area contributed by atoms with E-state index in [9.17, 15) is 0 Å². The van der Waals surface area contributed by atoms with Gasteiger partial charge in [0.15, 0.2) is 0 Å². The van der Waals surface area contributed by atoms with Gasteiger partial charge in [0.2, 0.25) is 0 Å². The maximum absolute atomic E-state index is 4.81. The molecule has 0 unspecified atom stereocenters. The van der Waals surface area contributed by atoms with Crippen LogP contribution in [0.3, 0.4) is 0 Å². The second kappa shape index (κ2) is 5.66. The van der Waals surface area contributed by atoms with Crippen molar-refractivity contribution in [2.24, 2.45) is 7.05 Å². The summed E-state index contributed by atoms with van der Waals surface area (Å²) in [5.41, 5.74) is 3.70. The Hall–Kier alpha value is -1.20. The Kier molecular flexibility index (Phi) is 3.89. The van der Waals surface area contributed by atoms with Crippen molar-refractivity contribution in [2.75, 3.05) is 7.05 Å². The van der Waals surface area contributed by atoms with Crippen molar-refractivity contribution in [1.82, 2.24) is 19.7 Å². The summed E-state index contributed by atoms with van der Waals surface area (Å²) in [7, 11) is 4.14. The fourth-order valence-electron chi connectivity index (χ4n) is 2.75. The van der Waals surface area contributed by atoms with E-state index in [0.717, 1.165) is 18.8 Å². The Balaban J connectivity index is 1.63. The zero-order chi connectivity index (χ0) is 14.1. The highest BCUT2D eigenvalue weighted by molar-refractivity contribution is 7.11. The highest BCUT2D eigenvalue weighted by atomic mass is 32.1. The van der Waals surface area contributed by atoms with E-state index in [1.807, 2.05) is 23.1 Å². The van der Waals surface area contributed by atoms with E-state index in [2.05, 4.69) is 30.0 Å². The monoisotopic (exact) mass is 290 g/mol. The summed E-state index contributed by atoms with van der Waals surface area (Å²) in [6, 6.07) is 2.16. The summed E-state index contributed by atoms with van der Waals surface area (Å²) in [5, 5.41) is 5.77. The Morgan fingerprint density at radius 2 is 2.10 bits per heavy atom. The van der Waals surface area contributed by atoms with Gasteiger partial charge in [-0.05, 0) is 45.7 Å². The third-order valence-corrected chi connectivity index (χ3v) is 5.03. The maximum Gasteiger partial charge on any atom is 0.107 e. The number of rotatable bonds is 4. The van der Waals surface area contributed by atoms with Crippen molar-refractivity contribution in [2.45, 2.75) is 45.7 Å². The van der Waals surface area contributed by atoms with Gasteiger partial charge in [0, 0.05) is 24.2 Å². The first kappa shape index (κ1) is 13.8. The molecular weight excluding hydrogens is 268 g/mol. The fourth-order valence-corrected chi connectivity index (χ4v) is 3.99. The molecule has 1 aliphatic rings. The molecule has 0 spiro atoms. The van der Waals surface area contributed by atoms with Crippen molar-refractivity contribution in [3.05, 3.63) is 33.0 Å². The molecule has 0 atom stereocenters. The highest BCUT2D eigenvalue weighted by Crippen LogP contribution is 2.27. The molecule has 0 N–H and O–H groups in total. The van der Waals surface area contributed by atoms with Gasteiger partial charge in [-0.15, -0.1) is 11.3 Å². The van der Waals surface area contributed by atoms with Crippen LogP contribution in [-0.4, -0.2) is 26.7 Å². The average Bonchev–Trinajstić information content (AvgIpc) is 2.92. The van der Waals surface area contributed by atoms with E-state index in [-0.39, 0.29) is 0 Å². The second-order valence-electron chi connectivity index (χ2n) is 5.76. The van der Waals surface area contributed by atoms with Crippen molar-refractivity contribution in [3.63, 3.8) is 0 Å². The third-order valence-electron chi connectivity index (χ3n) is 3.89. The standard InChI is InChI=1S/C15H22N4S/c1-11-8-12(17-19(11)3)9-18(2)10-15-16-13-6-4-5-7-14(13)20-15/h8H,4-7,9-10H2,1-3H3. The van der Waals surface area contributed by atoms with Crippen LogP contribution in [0.4, 0.5) is 0 Å². The minimum atomic E-state index is 0.881. The predicted molar refractivity (Wildman–Crippen MR) is 81.9 cm³/mol. The molecule has 0 radical (unpaired) electrons. The number of thiazole rings is 1. The number of fused-ring (bicyclic) bond motifs is 1. The van der Waals surface area contributed by atoms with Crippen LogP contribution < -0.4 is 0 Å². The average molecular weight is 290 g/mol. The van der Waals surface area contributed by atoms with Gasteiger partial charge in [0.1, 0.15) is 5.01 Å². The van der Waals surface area contributed by atoms with Crippen LogP contribution >= 0.6 is 11.3 Å². The van der Waals surface area contributed by atoms with E-state index >= 15 is 0 Å². The van der Waals surface area contributed by atoms with Crippen LogP contribution in [0.1, 0.15) is 39.8 Å². The van der Waals surface area contributed by atoms with E-state index in [1.54, 1.807) is 0 Å². The van der Waals surface area contributed by atoms with Gasteiger partial charge in [-0.25, -0.2) is 4.98 Å². The summed E-state index contributed by atoms with van der Waals surface area (Å²) in [6.07, 6.45) is 5.04. The molecule has 0 bridgehead atoms. The number of aromatic nitrogens is 3. The molecule has 0 aromatic carbocycles. The summed E-state index contributed by atoms with van der Waals surface area (Å²) < 4.78 is 1.94. The molecule has 0 saturated heterocycles. The number of nitrogens with zero attached hydrogens (tertiary/aromatic N) is 4. The zero-order valence-electron chi connectivity index (χ0n) is 12.5. The Bertz CT molecular complexity index is 556. The Morgan fingerprint density at radius 1 is 1.30 bits per heavy atom. The predicted octanol–water partition coefficient (Wildman–Crippen LogP) is 2.70. The van der Waals surface area contributed by atoms with Gasteiger partial charge < -0.3 is 0 Å². The lowest BCUT2D eigenvalue weighted by molar-refractivity contribution is 0.313. The topological polar surface area (TPSA) is 34.0 Å².